The van der Waals surface area contributed by atoms with E-state index in [1.165, 1.54) is 6.07 Å². The van der Waals surface area contributed by atoms with Crippen LogP contribution >= 0.6 is 11.6 Å². The fourth-order valence-electron chi connectivity index (χ4n) is 1.52. The Hall–Kier alpha value is -0.620. The summed E-state index contributed by atoms with van der Waals surface area (Å²) < 4.78 is 26.9. The lowest BCUT2D eigenvalue weighted by atomic mass is 9.93. The van der Waals surface area contributed by atoms with Crippen LogP contribution in [0.5, 0.6) is 0 Å². The van der Waals surface area contributed by atoms with Crippen LogP contribution in [0.2, 0.25) is 5.02 Å². The van der Waals surface area contributed by atoms with Crippen molar-refractivity contribution in [1.29, 1.82) is 0 Å². The molecule has 0 amide bonds. The van der Waals surface area contributed by atoms with Crippen molar-refractivity contribution in [2.75, 3.05) is 6.54 Å². The molecule has 0 unspecified atom stereocenters. The summed E-state index contributed by atoms with van der Waals surface area (Å²) in [4.78, 5) is 0.0889. The Bertz CT molecular complexity index is 536. The molecule has 4 nitrogen and oxygen atoms in total. The van der Waals surface area contributed by atoms with Crippen LogP contribution in [0.1, 0.15) is 32.8 Å². The van der Waals surface area contributed by atoms with E-state index in [4.69, 9.17) is 17.3 Å². The van der Waals surface area contributed by atoms with Gasteiger partial charge in [0.15, 0.2) is 0 Å². The van der Waals surface area contributed by atoms with Crippen molar-refractivity contribution in [3.63, 3.8) is 0 Å². The molecule has 0 bridgehead atoms. The average Bonchev–Trinajstić information content (AvgIpc) is 2.27. The zero-order valence-electron chi connectivity index (χ0n) is 11.5. The van der Waals surface area contributed by atoms with Gasteiger partial charge in [0.25, 0.3) is 0 Å². The first-order chi connectivity index (χ1) is 8.65. The number of rotatable bonds is 5. The van der Waals surface area contributed by atoms with Gasteiger partial charge in [0.1, 0.15) is 4.90 Å². The summed E-state index contributed by atoms with van der Waals surface area (Å²) in [6.07, 6.45) is 0.750. The summed E-state index contributed by atoms with van der Waals surface area (Å²) in [5.41, 5.74) is 6.32. The summed E-state index contributed by atoms with van der Waals surface area (Å²) >= 11 is 5.95. The lowest BCUT2D eigenvalue weighted by molar-refractivity contribution is 0.378. The summed E-state index contributed by atoms with van der Waals surface area (Å²) in [5.74, 6) is 0. The van der Waals surface area contributed by atoms with Crippen molar-refractivity contribution in [2.24, 2.45) is 11.1 Å². The molecule has 6 heteroatoms. The number of hydrogen-bond donors (Lipinski definition) is 2. The highest BCUT2D eigenvalue weighted by Crippen LogP contribution is 2.23. The van der Waals surface area contributed by atoms with Crippen molar-refractivity contribution in [3.05, 3.63) is 28.8 Å². The van der Waals surface area contributed by atoms with Gasteiger partial charge in [-0.15, -0.1) is 0 Å². The fourth-order valence-corrected chi connectivity index (χ4v) is 3.10. The van der Waals surface area contributed by atoms with Crippen molar-refractivity contribution < 1.29 is 8.42 Å². The summed E-state index contributed by atoms with van der Waals surface area (Å²) in [6.45, 7) is 6.84. The van der Waals surface area contributed by atoms with Crippen LogP contribution in [-0.2, 0) is 16.6 Å². The Labute approximate surface area is 120 Å². The van der Waals surface area contributed by atoms with Crippen LogP contribution in [-0.4, -0.2) is 15.0 Å². The quantitative estimate of drug-likeness (QED) is 0.878. The second-order valence-corrected chi connectivity index (χ2v) is 7.82. The van der Waals surface area contributed by atoms with Crippen LogP contribution in [0.15, 0.2) is 23.1 Å². The Morgan fingerprint density at radius 1 is 1.32 bits per heavy atom. The number of hydrogen-bond acceptors (Lipinski definition) is 3. The molecule has 0 radical (unpaired) electrons. The summed E-state index contributed by atoms with van der Waals surface area (Å²) in [7, 11) is -3.58. The van der Waals surface area contributed by atoms with Gasteiger partial charge < -0.3 is 5.73 Å². The predicted octanol–water partition coefficient (Wildman–Crippen LogP) is 2.51. The topological polar surface area (TPSA) is 72.2 Å². The van der Waals surface area contributed by atoms with E-state index < -0.39 is 10.0 Å². The van der Waals surface area contributed by atoms with Crippen molar-refractivity contribution in [2.45, 2.75) is 38.6 Å². The molecule has 0 spiro atoms. The van der Waals surface area contributed by atoms with Crippen LogP contribution in [0.3, 0.4) is 0 Å². The standard InChI is InChI=1S/C13H21ClN2O2S/c1-13(2,3)6-7-16-19(17,18)12-8-10(9-15)4-5-11(12)14/h4-5,8,16H,6-7,9,15H2,1-3H3. The molecule has 0 aliphatic rings. The lowest BCUT2D eigenvalue weighted by Crippen LogP contribution is -2.27. The second-order valence-electron chi connectivity index (χ2n) is 5.68. The molecule has 0 heterocycles. The van der Waals surface area contributed by atoms with Gasteiger partial charge in [-0.05, 0) is 29.5 Å². The van der Waals surface area contributed by atoms with Gasteiger partial charge in [-0.2, -0.15) is 0 Å². The SMILES string of the molecule is CC(C)(C)CCNS(=O)(=O)c1cc(CN)ccc1Cl. The third-order valence-electron chi connectivity index (χ3n) is 2.69. The smallest absolute Gasteiger partial charge is 0.242 e. The number of halogens is 1. The lowest BCUT2D eigenvalue weighted by Gasteiger charge is -2.18. The van der Waals surface area contributed by atoms with Crippen molar-refractivity contribution >= 4 is 21.6 Å². The van der Waals surface area contributed by atoms with E-state index in [1.807, 2.05) is 0 Å². The van der Waals surface area contributed by atoms with Crippen LogP contribution in [0.4, 0.5) is 0 Å². The Morgan fingerprint density at radius 2 is 1.95 bits per heavy atom. The van der Waals surface area contributed by atoms with Crippen LogP contribution in [0, 0.1) is 5.41 Å². The molecule has 1 aromatic rings. The van der Waals surface area contributed by atoms with Gasteiger partial charge in [0, 0.05) is 13.1 Å². The van der Waals surface area contributed by atoms with E-state index >= 15 is 0 Å². The van der Waals surface area contributed by atoms with Crippen LogP contribution < -0.4 is 10.5 Å². The summed E-state index contributed by atoms with van der Waals surface area (Å²) in [5, 5.41) is 0.209. The predicted molar refractivity (Wildman–Crippen MR) is 78.6 cm³/mol. The van der Waals surface area contributed by atoms with E-state index in [-0.39, 0.29) is 21.9 Å². The van der Waals surface area contributed by atoms with Crippen LogP contribution in [0.25, 0.3) is 0 Å². The molecule has 0 saturated heterocycles. The van der Waals surface area contributed by atoms with Gasteiger partial charge in [0.05, 0.1) is 5.02 Å². The number of sulfonamides is 1. The highest BCUT2D eigenvalue weighted by Gasteiger charge is 2.19. The minimum Gasteiger partial charge on any atom is -0.326 e. The highest BCUT2D eigenvalue weighted by atomic mass is 35.5. The van der Waals surface area contributed by atoms with Gasteiger partial charge in [-0.1, -0.05) is 38.4 Å². The molecule has 1 rings (SSSR count). The maximum atomic E-state index is 12.2. The van der Waals surface area contributed by atoms with E-state index in [1.54, 1.807) is 12.1 Å². The number of benzene rings is 1. The maximum Gasteiger partial charge on any atom is 0.242 e. The minimum absolute atomic E-state index is 0.0748. The molecular weight excluding hydrogens is 284 g/mol. The third kappa shape index (κ3) is 5.10. The van der Waals surface area contributed by atoms with E-state index in [9.17, 15) is 8.42 Å². The molecule has 0 aliphatic carbocycles. The monoisotopic (exact) mass is 304 g/mol. The van der Waals surface area contributed by atoms with E-state index in [0.717, 1.165) is 12.0 Å². The molecule has 0 aromatic heterocycles. The Kier molecular flexibility index (Phi) is 5.38. The summed E-state index contributed by atoms with van der Waals surface area (Å²) in [6, 6.07) is 4.79. The van der Waals surface area contributed by atoms with Gasteiger partial charge in [-0.3, -0.25) is 0 Å². The molecule has 1 aromatic carbocycles. The molecule has 0 aliphatic heterocycles. The maximum absolute atomic E-state index is 12.2. The first kappa shape index (κ1) is 16.4. The normalized spacial score (nSPS) is 12.7. The first-order valence-electron chi connectivity index (χ1n) is 6.14. The van der Waals surface area contributed by atoms with E-state index in [0.29, 0.717) is 6.54 Å². The third-order valence-corrected chi connectivity index (χ3v) is 4.63. The first-order valence-corrected chi connectivity index (χ1v) is 8.00. The molecule has 0 fully saturated rings. The van der Waals surface area contributed by atoms with Crippen molar-refractivity contribution in [3.8, 4) is 0 Å². The second kappa shape index (κ2) is 6.22. The van der Waals surface area contributed by atoms with Crippen molar-refractivity contribution in [1.82, 2.24) is 4.72 Å². The zero-order valence-corrected chi connectivity index (χ0v) is 13.1. The molecule has 19 heavy (non-hydrogen) atoms. The highest BCUT2D eigenvalue weighted by molar-refractivity contribution is 7.89. The fraction of sp³-hybridized carbons (Fsp3) is 0.538. The average molecular weight is 305 g/mol. The number of nitrogens with one attached hydrogen (secondary N) is 1. The van der Waals surface area contributed by atoms with E-state index in [2.05, 4.69) is 25.5 Å². The van der Waals surface area contributed by atoms with Gasteiger partial charge >= 0.3 is 0 Å². The van der Waals surface area contributed by atoms with Gasteiger partial charge in [-0.25, -0.2) is 13.1 Å². The molecule has 3 N–H and O–H groups in total. The molecule has 108 valence electrons. The number of nitrogens with two attached hydrogens (primary N) is 1. The Morgan fingerprint density at radius 3 is 2.47 bits per heavy atom. The zero-order chi connectivity index (χ0) is 14.7. The molecule has 0 saturated carbocycles. The Balaban J connectivity index is 2.88. The molecular formula is C13H21ClN2O2S. The minimum atomic E-state index is -3.58. The van der Waals surface area contributed by atoms with Gasteiger partial charge in [0.2, 0.25) is 10.0 Å². The molecule has 0 atom stereocenters. The largest absolute Gasteiger partial charge is 0.326 e.